The summed E-state index contributed by atoms with van der Waals surface area (Å²) in [4.78, 5) is 17.4. The molecule has 1 aliphatic rings. The molecule has 5 nitrogen and oxygen atoms in total. The Morgan fingerprint density at radius 1 is 1.37 bits per heavy atom. The van der Waals surface area contributed by atoms with Gasteiger partial charge in [-0.05, 0) is 63.0 Å². The third-order valence-electron chi connectivity index (χ3n) is 4.17. The number of amides is 1. The number of piperidine rings is 1. The highest BCUT2D eigenvalue weighted by Crippen LogP contribution is 2.21. The number of aryl methyl sites for hydroxylation is 1. The Morgan fingerprint density at radius 3 is 2.78 bits per heavy atom. The van der Waals surface area contributed by atoms with Crippen LogP contribution < -0.4 is 15.4 Å². The number of benzene rings is 1. The first-order valence-corrected chi connectivity index (χ1v) is 9.27. The number of thiazole rings is 1. The molecule has 2 N–H and O–H groups in total. The summed E-state index contributed by atoms with van der Waals surface area (Å²) < 4.78 is 18.5. The summed E-state index contributed by atoms with van der Waals surface area (Å²) in [5, 5.41) is 7.09. The standard InChI is InChI=1S/C18H22FN3O2S.2ClH/c1-12-17(18(23)21-10-13-3-2-8-20-9-13)25-16(22-12)11-24-15-6-4-14(19)5-7-15;;/h4-7,13,20H,2-3,8-11H2,1H3,(H,21,23);2*1H. The van der Waals surface area contributed by atoms with Gasteiger partial charge in [-0.3, -0.25) is 4.79 Å². The van der Waals surface area contributed by atoms with E-state index >= 15 is 0 Å². The fourth-order valence-electron chi connectivity index (χ4n) is 2.82. The smallest absolute Gasteiger partial charge is 0.263 e. The van der Waals surface area contributed by atoms with Crippen molar-refractivity contribution in [3.63, 3.8) is 0 Å². The number of aromatic nitrogens is 1. The number of halogens is 3. The second-order valence-electron chi connectivity index (χ2n) is 6.19. The molecule has 1 aromatic heterocycles. The summed E-state index contributed by atoms with van der Waals surface area (Å²) in [7, 11) is 0. The number of nitrogens with zero attached hydrogens (tertiary/aromatic N) is 1. The lowest BCUT2D eigenvalue weighted by Gasteiger charge is -2.22. The van der Waals surface area contributed by atoms with Gasteiger partial charge in [-0.15, -0.1) is 36.2 Å². The van der Waals surface area contributed by atoms with Crippen LogP contribution in [-0.4, -0.2) is 30.5 Å². The average molecular weight is 436 g/mol. The van der Waals surface area contributed by atoms with E-state index in [-0.39, 0.29) is 43.1 Å². The highest BCUT2D eigenvalue weighted by Gasteiger charge is 2.18. The van der Waals surface area contributed by atoms with Crippen LogP contribution in [0.2, 0.25) is 0 Å². The van der Waals surface area contributed by atoms with Crippen molar-refractivity contribution >= 4 is 42.1 Å². The lowest BCUT2D eigenvalue weighted by Crippen LogP contribution is -2.38. The summed E-state index contributed by atoms with van der Waals surface area (Å²) in [6.07, 6.45) is 2.30. The molecule has 0 spiro atoms. The van der Waals surface area contributed by atoms with Crippen molar-refractivity contribution < 1.29 is 13.9 Å². The molecule has 1 amide bonds. The van der Waals surface area contributed by atoms with Crippen molar-refractivity contribution in [3.05, 3.63) is 45.7 Å². The van der Waals surface area contributed by atoms with Gasteiger partial charge < -0.3 is 15.4 Å². The maximum atomic E-state index is 12.9. The molecule has 0 bridgehead atoms. The van der Waals surface area contributed by atoms with Crippen LogP contribution in [0.4, 0.5) is 4.39 Å². The van der Waals surface area contributed by atoms with Crippen molar-refractivity contribution in [1.29, 1.82) is 0 Å². The minimum absolute atomic E-state index is 0. The van der Waals surface area contributed by atoms with E-state index in [2.05, 4.69) is 15.6 Å². The molecule has 9 heteroatoms. The summed E-state index contributed by atoms with van der Waals surface area (Å²) in [5.74, 6) is 0.690. The minimum atomic E-state index is -0.301. The van der Waals surface area contributed by atoms with E-state index in [1.54, 1.807) is 12.1 Å². The van der Waals surface area contributed by atoms with Crippen LogP contribution in [0.25, 0.3) is 0 Å². The molecule has 1 fully saturated rings. The number of ether oxygens (including phenoxy) is 1. The Hall–Kier alpha value is -1.41. The number of carbonyl (C=O) groups excluding carboxylic acids is 1. The van der Waals surface area contributed by atoms with E-state index in [4.69, 9.17) is 4.74 Å². The highest BCUT2D eigenvalue weighted by atomic mass is 35.5. The maximum absolute atomic E-state index is 12.9. The van der Waals surface area contributed by atoms with Gasteiger partial charge in [0.15, 0.2) is 0 Å². The zero-order valence-corrected chi connectivity index (χ0v) is 17.4. The van der Waals surface area contributed by atoms with Gasteiger partial charge in [0, 0.05) is 6.54 Å². The molecule has 1 saturated heterocycles. The van der Waals surface area contributed by atoms with Gasteiger partial charge in [-0.25, -0.2) is 9.37 Å². The Balaban J connectivity index is 0.00000182. The number of rotatable bonds is 6. The van der Waals surface area contributed by atoms with Gasteiger partial charge in [-0.1, -0.05) is 0 Å². The molecule has 1 aromatic carbocycles. The van der Waals surface area contributed by atoms with Gasteiger partial charge in [0.2, 0.25) is 0 Å². The molecule has 1 unspecified atom stereocenters. The summed E-state index contributed by atoms with van der Waals surface area (Å²) in [5.41, 5.74) is 0.710. The molecule has 0 saturated carbocycles. The summed E-state index contributed by atoms with van der Waals surface area (Å²) in [6, 6.07) is 5.84. The van der Waals surface area contributed by atoms with E-state index in [1.165, 1.54) is 23.5 Å². The van der Waals surface area contributed by atoms with E-state index in [1.807, 2.05) is 6.92 Å². The second-order valence-corrected chi connectivity index (χ2v) is 7.27. The normalized spacial score (nSPS) is 16.0. The molecule has 0 radical (unpaired) electrons. The zero-order chi connectivity index (χ0) is 17.6. The molecular weight excluding hydrogens is 412 g/mol. The van der Waals surface area contributed by atoms with Crippen LogP contribution in [0, 0.1) is 18.7 Å². The molecular formula is C18H24Cl2FN3O2S. The largest absolute Gasteiger partial charge is 0.486 e. The molecule has 2 heterocycles. The van der Waals surface area contributed by atoms with Crippen molar-refractivity contribution in [3.8, 4) is 5.75 Å². The predicted molar refractivity (Wildman–Crippen MR) is 110 cm³/mol. The number of hydrogen-bond acceptors (Lipinski definition) is 5. The van der Waals surface area contributed by atoms with E-state index in [9.17, 15) is 9.18 Å². The number of hydrogen-bond donors (Lipinski definition) is 2. The quantitative estimate of drug-likeness (QED) is 0.724. The molecule has 150 valence electrons. The number of nitrogens with one attached hydrogen (secondary N) is 2. The van der Waals surface area contributed by atoms with E-state index in [0.717, 1.165) is 30.9 Å². The maximum Gasteiger partial charge on any atom is 0.263 e. The molecule has 27 heavy (non-hydrogen) atoms. The monoisotopic (exact) mass is 435 g/mol. The zero-order valence-electron chi connectivity index (χ0n) is 15.0. The lowest BCUT2D eigenvalue weighted by molar-refractivity contribution is 0.0948. The first-order chi connectivity index (χ1) is 12.1. The third-order valence-corrected chi connectivity index (χ3v) is 5.30. The van der Waals surface area contributed by atoms with Crippen LogP contribution in [0.1, 0.15) is 33.2 Å². The Morgan fingerprint density at radius 2 is 2.11 bits per heavy atom. The molecule has 3 rings (SSSR count). The van der Waals surface area contributed by atoms with Crippen LogP contribution >= 0.6 is 36.2 Å². The van der Waals surface area contributed by atoms with Crippen molar-refractivity contribution in [2.24, 2.45) is 5.92 Å². The topological polar surface area (TPSA) is 63.2 Å². The third kappa shape index (κ3) is 6.92. The molecule has 2 aromatic rings. The average Bonchev–Trinajstić information content (AvgIpc) is 3.01. The summed E-state index contributed by atoms with van der Waals surface area (Å²) in [6.45, 7) is 4.80. The number of carbonyl (C=O) groups is 1. The molecule has 1 atom stereocenters. The second kappa shape index (κ2) is 11.4. The van der Waals surface area contributed by atoms with Crippen LogP contribution in [0.5, 0.6) is 5.75 Å². The predicted octanol–water partition coefficient (Wildman–Crippen LogP) is 3.74. The highest BCUT2D eigenvalue weighted by molar-refractivity contribution is 7.13. The first-order valence-electron chi connectivity index (χ1n) is 8.45. The Labute approximate surface area is 174 Å². The van der Waals surface area contributed by atoms with Crippen LogP contribution in [0.3, 0.4) is 0 Å². The van der Waals surface area contributed by atoms with E-state index < -0.39 is 0 Å². The van der Waals surface area contributed by atoms with Crippen molar-refractivity contribution in [1.82, 2.24) is 15.6 Å². The van der Waals surface area contributed by atoms with Gasteiger partial charge in [0.1, 0.15) is 28.1 Å². The van der Waals surface area contributed by atoms with Crippen molar-refractivity contribution in [2.45, 2.75) is 26.4 Å². The van der Waals surface area contributed by atoms with Crippen LogP contribution in [0.15, 0.2) is 24.3 Å². The van der Waals surface area contributed by atoms with Gasteiger partial charge in [0.25, 0.3) is 5.91 Å². The summed E-state index contributed by atoms with van der Waals surface area (Å²) >= 11 is 1.34. The lowest BCUT2D eigenvalue weighted by atomic mass is 10.00. The van der Waals surface area contributed by atoms with Gasteiger partial charge in [0.05, 0.1) is 5.69 Å². The van der Waals surface area contributed by atoms with Gasteiger partial charge in [-0.2, -0.15) is 0 Å². The Bertz CT molecular complexity index is 722. The fraction of sp³-hybridized carbons (Fsp3) is 0.444. The SMILES string of the molecule is Cc1nc(COc2ccc(F)cc2)sc1C(=O)NCC1CCCNC1.Cl.Cl. The van der Waals surface area contributed by atoms with Crippen LogP contribution in [-0.2, 0) is 6.61 Å². The first kappa shape index (κ1) is 23.6. The molecule has 0 aliphatic carbocycles. The van der Waals surface area contributed by atoms with Gasteiger partial charge >= 0.3 is 0 Å². The van der Waals surface area contributed by atoms with E-state index in [0.29, 0.717) is 28.8 Å². The fourth-order valence-corrected chi connectivity index (χ4v) is 3.71. The minimum Gasteiger partial charge on any atom is -0.486 e. The Kier molecular flexibility index (Phi) is 10.0. The molecule has 1 aliphatic heterocycles. The van der Waals surface area contributed by atoms with Crippen molar-refractivity contribution in [2.75, 3.05) is 19.6 Å².